The highest BCUT2D eigenvalue weighted by Crippen LogP contribution is 2.18. The number of aromatic nitrogens is 2. The number of aromatic amines is 1. The van der Waals surface area contributed by atoms with Crippen molar-refractivity contribution in [1.82, 2.24) is 9.97 Å². The Kier molecular flexibility index (Phi) is 4.52. The van der Waals surface area contributed by atoms with Crippen LogP contribution in [0.25, 0.3) is 11.3 Å². The van der Waals surface area contributed by atoms with Crippen molar-refractivity contribution in [3.05, 3.63) is 82.4 Å². The zero-order valence-electron chi connectivity index (χ0n) is 12.8. The van der Waals surface area contributed by atoms with Crippen molar-refractivity contribution >= 4 is 5.69 Å². The Balaban J connectivity index is 1.74. The van der Waals surface area contributed by atoms with Gasteiger partial charge in [-0.05, 0) is 30.5 Å². The fourth-order valence-electron chi connectivity index (χ4n) is 2.58. The maximum atomic E-state index is 11.9. The van der Waals surface area contributed by atoms with E-state index in [2.05, 4.69) is 22.1 Å². The Morgan fingerprint density at radius 3 is 2.57 bits per heavy atom. The van der Waals surface area contributed by atoms with Crippen LogP contribution in [0.2, 0.25) is 0 Å². The maximum absolute atomic E-state index is 11.9. The molecule has 0 aliphatic rings. The number of rotatable bonds is 5. The maximum Gasteiger partial charge on any atom is 0.251 e. The smallest absolute Gasteiger partial charge is 0.251 e. The number of hydrogen-bond acceptors (Lipinski definition) is 3. The van der Waals surface area contributed by atoms with Crippen LogP contribution in [0, 0.1) is 0 Å². The Hall–Kier alpha value is -2.88. The van der Waals surface area contributed by atoms with Crippen LogP contribution in [-0.2, 0) is 12.8 Å². The van der Waals surface area contributed by atoms with Gasteiger partial charge in [0.1, 0.15) is 5.82 Å². The molecule has 0 unspecified atom stereocenters. The average Bonchev–Trinajstić information content (AvgIpc) is 2.55. The van der Waals surface area contributed by atoms with E-state index in [9.17, 15) is 4.79 Å². The second-order valence-electron chi connectivity index (χ2n) is 5.54. The summed E-state index contributed by atoms with van der Waals surface area (Å²) in [5.41, 5.74) is 9.15. The van der Waals surface area contributed by atoms with Gasteiger partial charge in [-0.15, -0.1) is 0 Å². The summed E-state index contributed by atoms with van der Waals surface area (Å²) in [5.74, 6) is 0.714. The molecule has 0 spiro atoms. The summed E-state index contributed by atoms with van der Waals surface area (Å²) in [6, 6.07) is 19.2. The minimum absolute atomic E-state index is 0.132. The molecule has 3 rings (SSSR count). The molecule has 0 atom stereocenters. The topological polar surface area (TPSA) is 71.8 Å². The van der Waals surface area contributed by atoms with Gasteiger partial charge in [0, 0.05) is 23.7 Å². The van der Waals surface area contributed by atoms with Crippen molar-refractivity contribution in [1.29, 1.82) is 0 Å². The van der Waals surface area contributed by atoms with Gasteiger partial charge in [-0.2, -0.15) is 0 Å². The zero-order valence-corrected chi connectivity index (χ0v) is 12.8. The number of nitrogens with one attached hydrogen (secondary N) is 1. The third-order valence-corrected chi connectivity index (χ3v) is 3.69. The molecule has 3 N–H and O–H groups in total. The second-order valence-corrected chi connectivity index (χ2v) is 5.54. The van der Waals surface area contributed by atoms with Gasteiger partial charge in [-0.1, -0.05) is 42.5 Å². The van der Waals surface area contributed by atoms with Crippen LogP contribution >= 0.6 is 0 Å². The van der Waals surface area contributed by atoms with Gasteiger partial charge < -0.3 is 10.7 Å². The van der Waals surface area contributed by atoms with Crippen molar-refractivity contribution < 1.29 is 0 Å². The number of benzene rings is 2. The summed E-state index contributed by atoms with van der Waals surface area (Å²) in [7, 11) is 0. The molecule has 1 heterocycles. The number of nitrogens with zero attached hydrogens (tertiary/aromatic N) is 1. The predicted octanol–water partition coefficient (Wildman–Crippen LogP) is 3.19. The third-order valence-electron chi connectivity index (χ3n) is 3.69. The number of nitrogens with two attached hydrogens (primary N) is 1. The largest absolute Gasteiger partial charge is 0.399 e. The van der Waals surface area contributed by atoms with Crippen molar-refractivity contribution in [2.45, 2.75) is 19.3 Å². The molecule has 0 saturated carbocycles. The highest BCUT2D eigenvalue weighted by Gasteiger charge is 2.05. The molecule has 2 aromatic carbocycles. The standard InChI is InChI=1S/C19H19N3O/c20-16-10-5-9-15(12-16)17-13-19(23)22-18(21-17)11-4-8-14-6-2-1-3-7-14/h1-3,5-7,9-10,12-13H,4,8,11,20H2,(H,21,22,23). The first-order chi connectivity index (χ1) is 11.2. The molecule has 0 aliphatic carbocycles. The van der Waals surface area contributed by atoms with Crippen LogP contribution in [0.3, 0.4) is 0 Å². The summed E-state index contributed by atoms with van der Waals surface area (Å²) >= 11 is 0. The minimum Gasteiger partial charge on any atom is -0.399 e. The Labute approximate surface area is 135 Å². The number of H-pyrrole nitrogens is 1. The summed E-state index contributed by atoms with van der Waals surface area (Å²) in [5, 5.41) is 0. The van der Waals surface area contributed by atoms with Crippen molar-refractivity contribution in [3.63, 3.8) is 0 Å². The Morgan fingerprint density at radius 1 is 0.957 bits per heavy atom. The van der Waals surface area contributed by atoms with E-state index in [1.165, 1.54) is 11.6 Å². The number of hydrogen-bond donors (Lipinski definition) is 2. The van der Waals surface area contributed by atoms with E-state index >= 15 is 0 Å². The first-order valence-corrected chi connectivity index (χ1v) is 7.71. The van der Waals surface area contributed by atoms with E-state index in [-0.39, 0.29) is 5.56 Å². The van der Waals surface area contributed by atoms with Crippen LogP contribution in [0.5, 0.6) is 0 Å². The van der Waals surface area contributed by atoms with Gasteiger partial charge >= 0.3 is 0 Å². The molecule has 0 fully saturated rings. The van der Waals surface area contributed by atoms with Gasteiger partial charge in [0.2, 0.25) is 0 Å². The zero-order chi connectivity index (χ0) is 16.1. The molecule has 0 bridgehead atoms. The van der Waals surface area contributed by atoms with Gasteiger partial charge in [-0.25, -0.2) is 4.98 Å². The van der Waals surface area contributed by atoms with Gasteiger partial charge in [0.05, 0.1) is 5.69 Å². The highest BCUT2D eigenvalue weighted by atomic mass is 16.1. The lowest BCUT2D eigenvalue weighted by Gasteiger charge is -2.06. The number of anilines is 1. The number of nitrogen functional groups attached to an aromatic ring is 1. The summed E-state index contributed by atoms with van der Waals surface area (Å²) in [6.45, 7) is 0. The lowest BCUT2D eigenvalue weighted by molar-refractivity contribution is 0.767. The summed E-state index contributed by atoms with van der Waals surface area (Å²) in [4.78, 5) is 19.3. The van der Waals surface area contributed by atoms with Gasteiger partial charge in [-0.3, -0.25) is 4.79 Å². The van der Waals surface area contributed by atoms with E-state index in [0.717, 1.165) is 24.8 Å². The highest BCUT2D eigenvalue weighted by molar-refractivity contribution is 5.63. The first-order valence-electron chi connectivity index (χ1n) is 7.71. The molecule has 116 valence electrons. The molecule has 0 aliphatic heterocycles. The fraction of sp³-hybridized carbons (Fsp3) is 0.158. The van der Waals surface area contributed by atoms with Gasteiger partial charge in [0.15, 0.2) is 0 Å². The van der Waals surface area contributed by atoms with Crippen molar-refractivity contribution in [2.75, 3.05) is 5.73 Å². The first kappa shape index (κ1) is 15.0. The SMILES string of the molecule is Nc1cccc(-c2cc(=O)[nH]c(CCCc3ccccc3)n2)c1. The molecule has 0 saturated heterocycles. The van der Waals surface area contributed by atoms with Crippen LogP contribution < -0.4 is 11.3 Å². The van der Waals surface area contributed by atoms with E-state index in [1.807, 2.05) is 42.5 Å². The predicted molar refractivity (Wildman–Crippen MR) is 93.2 cm³/mol. The van der Waals surface area contributed by atoms with Crippen LogP contribution in [0.4, 0.5) is 5.69 Å². The molecule has 4 nitrogen and oxygen atoms in total. The van der Waals surface area contributed by atoms with E-state index < -0.39 is 0 Å². The molecule has 23 heavy (non-hydrogen) atoms. The molecule has 0 amide bonds. The molecule has 3 aromatic rings. The van der Waals surface area contributed by atoms with Gasteiger partial charge in [0.25, 0.3) is 5.56 Å². The molecular formula is C19H19N3O. The summed E-state index contributed by atoms with van der Waals surface area (Å²) < 4.78 is 0. The van der Waals surface area contributed by atoms with Crippen LogP contribution in [0.15, 0.2) is 65.5 Å². The average molecular weight is 305 g/mol. The molecule has 1 aromatic heterocycles. The monoisotopic (exact) mass is 305 g/mol. The van der Waals surface area contributed by atoms with Crippen molar-refractivity contribution in [3.8, 4) is 11.3 Å². The summed E-state index contributed by atoms with van der Waals surface area (Å²) in [6.07, 6.45) is 2.64. The fourth-order valence-corrected chi connectivity index (χ4v) is 2.58. The van der Waals surface area contributed by atoms with Crippen LogP contribution in [-0.4, -0.2) is 9.97 Å². The Bertz CT molecular complexity index is 840. The van der Waals surface area contributed by atoms with E-state index in [0.29, 0.717) is 17.2 Å². The normalized spacial score (nSPS) is 10.6. The number of aryl methyl sites for hydroxylation is 2. The minimum atomic E-state index is -0.132. The molecule has 0 radical (unpaired) electrons. The van der Waals surface area contributed by atoms with Crippen molar-refractivity contribution in [2.24, 2.45) is 0 Å². The third kappa shape index (κ3) is 4.07. The van der Waals surface area contributed by atoms with E-state index in [1.54, 1.807) is 0 Å². The lowest BCUT2D eigenvalue weighted by Crippen LogP contribution is -2.11. The van der Waals surface area contributed by atoms with Crippen LogP contribution in [0.1, 0.15) is 17.8 Å². The van der Waals surface area contributed by atoms with E-state index in [4.69, 9.17) is 5.73 Å². The lowest BCUT2D eigenvalue weighted by atomic mass is 10.1. The molecule has 4 heteroatoms. The molecular weight excluding hydrogens is 286 g/mol. The second kappa shape index (κ2) is 6.92. The quantitative estimate of drug-likeness (QED) is 0.711. The Morgan fingerprint density at radius 2 is 1.78 bits per heavy atom.